The highest BCUT2D eigenvalue weighted by Crippen LogP contribution is 2.66. The summed E-state index contributed by atoms with van der Waals surface area (Å²) in [4.78, 5) is 47.9. The predicted molar refractivity (Wildman–Crippen MR) is 139 cm³/mol. The molecule has 8 nitrogen and oxygen atoms in total. The third-order valence-corrected chi connectivity index (χ3v) is 10.1. The topological polar surface area (TPSA) is 113 Å². The number of benzene rings is 2. The molecule has 1 saturated carbocycles. The Morgan fingerprint density at radius 3 is 2.21 bits per heavy atom. The van der Waals surface area contributed by atoms with E-state index in [1.54, 1.807) is 6.92 Å². The average Bonchev–Trinajstić information content (AvgIpc) is 3.34. The minimum Gasteiger partial charge on any atom is -0.504 e. The molecule has 0 spiro atoms. The Bertz CT molecular complexity index is 1670. The molecule has 6 rings (SSSR count). The molecule has 2 aliphatic carbocycles. The molecule has 226 valence electrons. The van der Waals surface area contributed by atoms with Gasteiger partial charge in [0.25, 0.3) is 11.8 Å². The number of nitrogens with one attached hydrogen (secondary N) is 1. The van der Waals surface area contributed by atoms with Gasteiger partial charge in [0, 0.05) is 11.5 Å². The number of carbonyl (C=O) groups excluding carboxylic acids is 4. The number of nitrogens with zero attached hydrogens (tertiary/aromatic N) is 1. The van der Waals surface area contributed by atoms with Gasteiger partial charge < -0.3 is 9.84 Å². The van der Waals surface area contributed by atoms with E-state index < -0.39 is 104 Å². The number of anilines is 1. The Balaban J connectivity index is 1.63. The van der Waals surface area contributed by atoms with Gasteiger partial charge in [0.05, 0.1) is 18.4 Å². The maximum Gasteiger partial charge on any atom is 0.258 e. The standard InChI is InChI=1S/C28H19Cl2F5N2O6/c1-2-43-13-5-3-4-11(22(13)38)15-9-6-7-10-14(24(40)36-23(10)39)12(9)8-27(29)25(41)37(26(42)28(15,27)30)21-19(34)17(32)16(31)18(33)20(21)35/h3-6,10,12,14-15,38H,2,7-8H2,1H3,(H,36,39,40)/t10-,12+,14-,15+,27+,28-/m0/s1. The molecule has 2 heterocycles. The van der Waals surface area contributed by atoms with Gasteiger partial charge in [0.15, 0.2) is 44.5 Å². The largest absolute Gasteiger partial charge is 0.504 e. The van der Waals surface area contributed by atoms with Gasteiger partial charge in [-0.1, -0.05) is 23.8 Å². The monoisotopic (exact) mass is 644 g/mol. The molecule has 0 aromatic heterocycles. The van der Waals surface area contributed by atoms with Crippen molar-refractivity contribution in [2.75, 3.05) is 11.5 Å². The number of phenolic OH excluding ortho intramolecular Hbond substituents is 1. The van der Waals surface area contributed by atoms with E-state index in [1.165, 1.54) is 24.3 Å². The molecular formula is C28H19Cl2F5N2O6. The second-order valence-corrected chi connectivity index (χ2v) is 11.9. The first-order chi connectivity index (χ1) is 20.2. The lowest BCUT2D eigenvalue weighted by Crippen LogP contribution is -2.60. The molecule has 0 bridgehead atoms. The van der Waals surface area contributed by atoms with E-state index in [2.05, 4.69) is 5.32 Å². The molecule has 0 unspecified atom stereocenters. The molecule has 0 radical (unpaired) electrons. The van der Waals surface area contributed by atoms with Crippen molar-refractivity contribution in [2.24, 2.45) is 17.8 Å². The Kier molecular flexibility index (Phi) is 6.59. The number of amides is 4. The fourth-order valence-corrected chi connectivity index (χ4v) is 7.79. The second kappa shape index (κ2) is 9.65. The van der Waals surface area contributed by atoms with Gasteiger partial charge in [-0.15, -0.1) is 23.2 Å². The molecule has 2 saturated heterocycles. The number of carbonyl (C=O) groups is 4. The summed E-state index contributed by atoms with van der Waals surface area (Å²) in [7, 11) is 0. The summed E-state index contributed by atoms with van der Waals surface area (Å²) in [5.74, 6) is -22.1. The van der Waals surface area contributed by atoms with Crippen LogP contribution in [0.15, 0.2) is 29.8 Å². The summed E-state index contributed by atoms with van der Waals surface area (Å²) in [6.45, 7) is 1.71. The fourth-order valence-electron chi connectivity index (χ4n) is 6.87. The summed E-state index contributed by atoms with van der Waals surface area (Å²) in [6, 6.07) is 4.12. The van der Waals surface area contributed by atoms with Crippen LogP contribution in [0.4, 0.5) is 27.6 Å². The lowest BCUT2D eigenvalue weighted by atomic mass is 9.56. The van der Waals surface area contributed by atoms with E-state index in [9.17, 15) is 37.5 Å². The lowest BCUT2D eigenvalue weighted by Gasteiger charge is -2.50. The third-order valence-electron chi connectivity index (χ3n) is 8.71. The van der Waals surface area contributed by atoms with Gasteiger partial charge in [-0.05, 0) is 31.7 Å². The predicted octanol–water partition coefficient (Wildman–Crippen LogP) is 4.34. The number of hydrogen-bond donors (Lipinski definition) is 2. The zero-order valence-corrected chi connectivity index (χ0v) is 23.3. The van der Waals surface area contributed by atoms with E-state index >= 15 is 8.78 Å². The number of aromatic hydroxyl groups is 1. The number of allylic oxidation sites excluding steroid dienone is 2. The lowest BCUT2D eigenvalue weighted by molar-refractivity contribution is -0.127. The van der Waals surface area contributed by atoms with Gasteiger partial charge >= 0.3 is 0 Å². The molecule has 2 N–H and O–H groups in total. The van der Waals surface area contributed by atoms with E-state index in [1.807, 2.05) is 0 Å². The Labute approximate surface area is 249 Å². The van der Waals surface area contributed by atoms with Crippen LogP contribution < -0.4 is 15.0 Å². The van der Waals surface area contributed by atoms with Crippen LogP contribution in [0.5, 0.6) is 11.5 Å². The number of para-hydroxylation sites is 1. The number of imide groups is 2. The molecule has 2 aromatic carbocycles. The average molecular weight is 645 g/mol. The molecule has 43 heavy (non-hydrogen) atoms. The number of halogens is 7. The van der Waals surface area contributed by atoms with Crippen molar-refractivity contribution in [3.8, 4) is 11.5 Å². The van der Waals surface area contributed by atoms with Crippen LogP contribution in [0, 0.1) is 46.8 Å². The van der Waals surface area contributed by atoms with Crippen LogP contribution in [-0.4, -0.2) is 45.1 Å². The van der Waals surface area contributed by atoms with Crippen molar-refractivity contribution in [2.45, 2.75) is 35.4 Å². The summed E-state index contributed by atoms with van der Waals surface area (Å²) in [5, 5.41) is 13.4. The quantitative estimate of drug-likeness (QED) is 0.128. The molecule has 2 aliphatic heterocycles. The van der Waals surface area contributed by atoms with Crippen molar-refractivity contribution < 1.29 is 51.0 Å². The first kappa shape index (κ1) is 29.4. The molecule has 2 aromatic rings. The van der Waals surface area contributed by atoms with E-state index in [0.29, 0.717) is 0 Å². The van der Waals surface area contributed by atoms with Gasteiger partial charge in [0.2, 0.25) is 17.6 Å². The normalized spacial score (nSPS) is 31.4. The number of fused-ring (bicyclic) bond motifs is 4. The molecule has 4 aliphatic rings. The summed E-state index contributed by atoms with van der Waals surface area (Å²) in [5.41, 5.74) is -1.80. The van der Waals surface area contributed by atoms with Crippen LogP contribution in [0.1, 0.15) is 31.2 Å². The molecule has 3 fully saturated rings. The van der Waals surface area contributed by atoms with Crippen molar-refractivity contribution in [1.82, 2.24) is 5.32 Å². The van der Waals surface area contributed by atoms with Crippen molar-refractivity contribution in [3.63, 3.8) is 0 Å². The van der Waals surface area contributed by atoms with Gasteiger partial charge in [-0.25, -0.2) is 26.9 Å². The number of alkyl halides is 2. The van der Waals surface area contributed by atoms with Crippen molar-refractivity contribution in [1.29, 1.82) is 0 Å². The van der Waals surface area contributed by atoms with Crippen LogP contribution in [0.3, 0.4) is 0 Å². The molecular weight excluding hydrogens is 626 g/mol. The SMILES string of the molecule is CCOc1cccc([C@H]2C3=CC[C@@H]4C(=O)NC(=O)[C@@H]4[C@@H]3C[C@@]3(Cl)C(=O)N(c4c(F)c(F)c(F)c(F)c4F)C(=O)[C@@]23Cl)c1O. The minimum absolute atomic E-state index is 0.0117. The number of ether oxygens (including phenoxy) is 1. The number of hydrogen-bond acceptors (Lipinski definition) is 6. The molecule has 15 heteroatoms. The zero-order valence-electron chi connectivity index (χ0n) is 21.8. The van der Waals surface area contributed by atoms with Gasteiger partial charge in [-0.2, -0.15) is 0 Å². The second-order valence-electron chi connectivity index (χ2n) is 10.7. The van der Waals surface area contributed by atoms with E-state index in [-0.39, 0.29) is 34.8 Å². The van der Waals surface area contributed by atoms with Crippen LogP contribution in [0.25, 0.3) is 0 Å². The first-order valence-electron chi connectivity index (χ1n) is 13.0. The van der Waals surface area contributed by atoms with Crippen LogP contribution >= 0.6 is 23.2 Å². The van der Waals surface area contributed by atoms with Gasteiger partial charge in [-0.3, -0.25) is 24.5 Å². The van der Waals surface area contributed by atoms with Crippen molar-refractivity contribution >= 4 is 52.5 Å². The highest BCUT2D eigenvalue weighted by molar-refractivity contribution is 6.58. The molecule has 6 atom stereocenters. The third kappa shape index (κ3) is 3.60. The zero-order chi connectivity index (χ0) is 31.3. The van der Waals surface area contributed by atoms with Crippen LogP contribution in [-0.2, 0) is 19.2 Å². The molecule has 4 amide bonds. The summed E-state index contributed by atoms with van der Waals surface area (Å²) >= 11 is 13.9. The van der Waals surface area contributed by atoms with Crippen LogP contribution in [0.2, 0.25) is 0 Å². The smallest absolute Gasteiger partial charge is 0.258 e. The Hall–Kier alpha value is -3.71. The van der Waals surface area contributed by atoms with E-state index in [4.69, 9.17) is 27.9 Å². The highest BCUT2D eigenvalue weighted by Gasteiger charge is 2.77. The Morgan fingerprint density at radius 2 is 1.58 bits per heavy atom. The number of phenols is 1. The maximum atomic E-state index is 15.0. The van der Waals surface area contributed by atoms with Crippen molar-refractivity contribution in [3.05, 3.63) is 64.5 Å². The van der Waals surface area contributed by atoms with Gasteiger partial charge in [0.1, 0.15) is 5.69 Å². The first-order valence-corrected chi connectivity index (χ1v) is 13.7. The summed E-state index contributed by atoms with van der Waals surface area (Å²) < 4.78 is 77.8. The Morgan fingerprint density at radius 1 is 0.953 bits per heavy atom. The minimum atomic E-state index is -2.73. The fraction of sp³-hybridized carbons (Fsp3) is 0.357. The maximum absolute atomic E-state index is 15.0. The van der Waals surface area contributed by atoms with E-state index in [0.717, 1.165) is 0 Å². The summed E-state index contributed by atoms with van der Waals surface area (Å²) in [6.07, 6.45) is 0.869. The number of rotatable bonds is 4. The highest BCUT2D eigenvalue weighted by atomic mass is 35.5.